The second-order valence-corrected chi connectivity index (χ2v) is 8.66. The average molecular weight is 461 g/mol. The van der Waals surface area contributed by atoms with Crippen LogP contribution in [-0.4, -0.2) is 21.9 Å². The number of oxime groups is 1. The van der Waals surface area contributed by atoms with Crippen LogP contribution in [0.1, 0.15) is 32.2 Å². The molecule has 7 nitrogen and oxygen atoms in total. The number of nitrogens with one attached hydrogen (secondary N) is 1. The van der Waals surface area contributed by atoms with E-state index in [2.05, 4.69) is 20.6 Å². The van der Waals surface area contributed by atoms with Crippen molar-refractivity contribution in [3.05, 3.63) is 64.1 Å². The molecule has 0 atom stereocenters. The van der Waals surface area contributed by atoms with Crippen molar-refractivity contribution in [1.29, 1.82) is 0 Å². The Kier molecular flexibility index (Phi) is 6.97. The lowest BCUT2D eigenvalue weighted by Crippen LogP contribution is -2.24. The van der Waals surface area contributed by atoms with Crippen LogP contribution in [0.5, 0.6) is 0 Å². The van der Waals surface area contributed by atoms with E-state index in [-0.39, 0.29) is 5.41 Å². The number of halogens is 2. The Morgan fingerprint density at radius 2 is 1.87 bits per heavy atom. The zero-order valence-electron chi connectivity index (χ0n) is 17.6. The van der Waals surface area contributed by atoms with Crippen LogP contribution >= 0.6 is 23.2 Å². The summed E-state index contributed by atoms with van der Waals surface area (Å²) in [4.78, 5) is 22.0. The van der Waals surface area contributed by atoms with Crippen molar-refractivity contribution in [2.45, 2.75) is 34.1 Å². The van der Waals surface area contributed by atoms with E-state index in [9.17, 15) is 4.79 Å². The number of hydrogen-bond donors (Lipinski definition) is 1. The van der Waals surface area contributed by atoms with E-state index in [4.69, 9.17) is 32.6 Å². The maximum absolute atomic E-state index is 12.5. The van der Waals surface area contributed by atoms with Crippen molar-refractivity contribution in [3.63, 3.8) is 0 Å². The van der Waals surface area contributed by atoms with E-state index in [0.717, 1.165) is 5.69 Å². The van der Waals surface area contributed by atoms with Gasteiger partial charge in [-0.1, -0.05) is 66.4 Å². The topological polar surface area (TPSA) is 89.6 Å². The number of rotatable bonds is 5. The Morgan fingerprint density at radius 1 is 1.16 bits per heavy atom. The van der Waals surface area contributed by atoms with Crippen LogP contribution in [-0.2, 0) is 11.3 Å². The van der Waals surface area contributed by atoms with Crippen molar-refractivity contribution >= 4 is 40.7 Å². The highest BCUT2D eigenvalue weighted by molar-refractivity contribution is 6.39. The molecule has 9 heteroatoms. The number of carbonyl (C=O) groups is 1. The van der Waals surface area contributed by atoms with E-state index >= 15 is 0 Å². The van der Waals surface area contributed by atoms with Gasteiger partial charge in [0.2, 0.25) is 0 Å². The zero-order chi connectivity index (χ0) is 22.6. The molecule has 0 aliphatic heterocycles. The molecule has 0 aliphatic rings. The van der Waals surface area contributed by atoms with Gasteiger partial charge < -0.3 is 4.52 Å². The Labute approximate surface area is 190 Å². The zero-order valence-corrected chi connectivity index (χ0v) is 19.1. The minimum atomic E-state index is -0.793. The molecule has 1 N–H and O–H groups in total. The number of aromatic nitrogens is 2. The molecule has 0 bridgehead atoms. The molecule has 1 aromatic carbocycles. The molecule has 0 saturated carbocycles. The lowest BCUT2D eigenvalue weighted by Gasteiger charge is -2.20. The van der Waals surface area contributed by atoms with Crippen LogP contribution in [0.3, 0.4) is 0 Å². The summed E-state index contributed by atoms with van der Waals surface area (Å²) in [5, 5.41) is 11.5. The van der Waals surface area contributed by atoms with Crippen molar-refractivity contribution in [3.8, 4) is 11.3 Å². The molecule has 2 aromatic heterocycles. The molecular weight excluding hydrogens is 439 g/mol. The first-order chi connectivity index (χ1) is 14.7. The number of benzene rings is 1. The summed E-state index contributed by atoms with van der Waals surface area (Å²) < 4.78 is 5.24. The van der Waals surface area contributed by atoms with E-state index in [0.29, 0.717) is 44.9 Å². The van der Waals surface area contributed by atoms with Crippen LogP contribution in [0.25, 0.3) is 11.3 Å². The Bertz CT molecular complexity index is 1090. The third kappa shape index (κ3) is 5.62. The number of aryl methyl sites for hydroxylation is 1. The first-order valence-corrected chi connectivity index (χ1v) is 10.3. The number of hydrogen-bond acceptors (Lipinski definition) is 6. The van der Waals surface area contributed by atoms with Gasteiger partial charge in [0.05, 0.1) is 15.8 Å². The van der Waals surface area contributed by atoms with Gasteiger partial charge in [-0.3, -0.25) is 15.1 Å². The largest absolute Gasteiger partial charge is 0.438 e. The van der Waals surface area contributed by atoms with Crippen LogP contribution in [0.2, 0.25) is 10.0 Å². The summed E-state index contributed by atoms with van der Waals surface area (Å²) in [5.41, 5.74) is 2.22. The van der Waals surface area contributed by atoms with Crippen LogP contribution in [0.4, 0.5) is 10.5 Å². The predicted octanol–water partition coefficient (Wildman–Crippen LogP) is 6.55. The smallest absolute Gasteiger partial charge is 0.359 e. The molecule has 0 aliphatic carbocycles. The molecule has 162 valence electrons. The third-order valence-electron chi connectivity index (χ3n) is 4.47. The molecule has 1 amide bonds. The fourth-order valence-electron chi connectivity index (χ4n) is 2.74. The molecule has 0 spiro atoms. The number of nitrogens with zero attached hydrogens (tertiary/aromatic N) is 3. The predicted molar refractivity (Wildman–Crippen MR) is 122 cm³/mol. The summed E-state index contributed by atoms with van der Waals surface area (Å²) >= 11 is 12.5. The second-order valence-electron chi connectivity index (χ2n) is 7.85. The number of amides is 1. The van der Waals surface area contributed by atoms with E-state index in [1.165, 1.54) is 0 Å². The second kappa shape index (κ2) is 9.49. The van der Waals surface area contributed by atoms with Crippen LogP contribution < -0.4 is 5.32 Å². The molecule has 0 saturated heterocycles. The summed E-state index contributed by atoms with van der Waals surface area (Å²) in [6, 6.07) is 10.7. The molecule has 0 unspecified atom stereocenters. The van der Waals surface area contributed by atoms with Crippen molar-refractivity contribution in [2.24, 2.45) is 10.6 Å². The van der Waals surface area contributed by atoms with Gasteiger partial charge >= 0.3 is 6.09 Å². The minimum Gasteiger partial charge on any atom is -0.359 e. The fourth-order valence-corrected chi connectivity index (χ4v) is 3.32. The summed E-state index contributed by atoms with van der Waals surface area (Å²) in [5.74, 6) is 0.372. The lowest BCUT2D eigenvalue weighted by molar-refractivity contribution is 0.164. The van der Waals surface area contributed by atoms with Crippen molar-refractivity contribution in [1.82, 2.24) is 10.1 Å². The van der Waals surface area contributed by atoms with Gasteiger partial charge in [-0.2, -0.15) is 0 Å². The summed E-state index contributed by atoms with van der Waals surface area (Å²) in [6.45, 7) is 7.61. The SMILES string of the molecule is Cc1onc(-c2c(Cl)cccc2Cl)c1NC(=O)O/N=C(/Cc1ccccn1)C(C)(C)C. The molecular formula is C22H22Cl2N4O3. The van der Waals surface area contributed by atoms with Gasteiger partial charge in [-0.05, 0) is 31.2 Å². The standard InChI is InChI=1S/C22H22Cl2N4O3/c1-13-19(20(28-30-13)18-15(23)9-7-10-16(18)24)26-21(29)31-27-17(22(2,3)4)12-14-8-5-6-11-25-14/h5-11H,12H2,1-4H3,(H,26,29)/b27-17-. The Balaban J connectivity index is 1.81. The average Bonchev–Trinajstić information content (AvgIpc) is 3.05. The van der Waals surface area contributed by atoms with E-state index < -0.39 is 6.09 Å². The van der Waals surface area contributed by atoms with Gasteiger partial charge in [0.15, 0.2) is 5.76 Å². The highest BCUT2D eigenvalue weighted by atomic mass is 35.5. The summed E-state index contributed by atoms with van der Waals surface area (Å²) in [7, 11) is 0. The van der Waals surface area contributed by atoms with Gasteiger partial charge in [0.25, 0.3) is 0 Å². The van der Waals surface area contributed by atoms with Gasteiger partial charge in [0.1, 0.15) is 11.4 Å². The summed E-state index contributed by atoms with van der Waals surface area (Å²) in [6.07, 6.45) is 1.36. The third-order valence-corrected chi connectivity index (χ3v) is 5.10. The quantitative estimate of drug-likeness (QED) is 0.265. The first kappa shape index (κ1) is 22.8. The highest BCUT2D eigenvalue weighted by Gasteiger charge is 2.24. The molecule has 3 rings (SSSR count). The van der Waals surface area contributed by atoms with Crippen molar-refractivity contribution < 1.29 is 14.2 Å². The normalized spacial score (nSPS) is 12.0. The van der Waals surface area contributed by atoms with E-state index in [1.54, 1.807) is 31.3 Å². The van der Waals surface area contributed by atoms with Gasteiger partial charge in [-0.15, -0.1) is 0 Å². The molecule has 0 radical (unpaired) electrons. The number of anilines is 1. The van der Waals surface area contributed by atoms with E-state index in [1.807, 2.05) is 39.0 Å². The molecule has 2 heterocycles. The first-order valence-electron chi connectivity index (χ1n) is 9.52. The Morgan fingerprint density at radius 3 is 2.48 bits per heavy atom. The molecule has 31 heavy (non-hydrogen) atoms. The number of pyridine rings is 1. The lowest BCUT2D eigenvalue weighted by atomic mass is 9.87. The maximum atomic E-state index is 12.5. The minimum absolute atomic E-state index is 0.303. The highest BCUT2D eigenvalue weighted by Crippen LogP contribution is 2.39. The molecule has 3 aromatic rings. The molecule has 0 fully saturated rings. The fraction of sp³-hybridized carbons (Fsp3) is 0.273. The monoisotopic (exact) mass is 460 g/mol. The number of carbonyl (C=O) groups excluding carboxylic acids is 1. The van der Waals surface area contributed by atoms with Gasteiger partial charge in [0, 0.05) is 29.3 Å². The van der Waals surface area contributed by atoms with Crippen molar-refractivity contribution in [2.75, 3.05) is 5.32 Å². The Hall–Kier alpha value is -2.90. The van der Waals surface area contributed by atoms with Gasteiger partial charge in [-0.25, -0.2) is 4.79 Å². The maximum Gasteiger partial charge on any atom is 0.438 e. The van der Waals surface area contributed by atoms with Crippen LogP contribution in [0.15, 0.2) is 52.3 Å². The van der Waals surface area contributed by atoms with Crippen LogP contribution in [0, 0.1) is 12.3 Å².